The molecule has 1 atom stereocenters. The van der Waals surface area contributed by atoms with E-state index in [-0.39, 0.29) is 11.8 Å². The Hall–Kier alpha value is -1.45. The molecule has 0 radical (unpaired) electrons. The number of piperidine rings is 1. The third-order valence-electron chi connectivity index (χ3n) is 3.48. The summed E-state index contributed by atoms with van der Waals surface area (Å²) in [5.74, 6) is 1.15. The molecule has 0 spiro atoms. The maximum Gasteiger partial charge on any atom is 0.152 e. The second-order valence-electron chi connectivity index (χ2n) is 4.93. The molecular formula is C14H21N3O. The Bertz CT molecular complexity index is 419. The lowest BCUT2D eigenvalue weighted by Gasteiger charge is -2.35. The van der Waals surface area contributed by atoms with Gasteiger partial charge in [0, 0.05) is 18.3 Å². The molecule has 1 aromatic rings. The van der Waals surface area contributed by atoms with E-state index in [1.807, 2.05) is 6.07 Å². The van der Waals surface area contributed by atoms with E-state index in [1.54, 1.807) is 13.3 Å². The van der Waals surface area contributed by atoms with Crippen LogP contribution in [0.4, 0.5) is 5.82 Å². The Kier molecular flexibility index (Phi) is 4.28. The van der Waals surface area contributed by atoms with E-state index < -0.39 is 0 Å². The van der Waals surface area contributed by atoms with E-state index >= 15 is 0 Å². The summed E-state index contributed by atoms with van der Waals surface area (Å²) in [7, 11) is 0. The average molecular weight is 247 g/mol. The summed E-state index contributed by atoms with van der Waals surface area (Å²) in [5.41, 5.74) is 1.07. The lowest BCUT2D eigenvalue weighted by Crippen LogP contribution is -2.44. The largest absolute Gasteiger partial charge is 0.346 e. The lowest BCUT2D eigenvalue weighted by molar-refractivity contribution is -0.118. The monoisotopic (exact) mass is 247 g/mol. The summed E-state index contributed by atoms with van der Waals surface area (Å²) in [6.07, 6.45) is 6.87. The standard InChI is InChI=1S/C14H21N3O/c1-3-6-12-9-14(16-10-15-12)17-8-5-4-7-13(17)11(2)18/h9-10,13H,3-8H2,1-2H3. The van der Waals surface area contributed by atoms with Crippen molar-refractivity contribution in [2.24, 2.45) is 0 Å². The van der Waals surface area contributed by atoms with Gasteiger partial charge in [0.15, 0.2) is 5.78 Å². The molecule has 0 aromatic carbocycles. The molecule has 1 saturated heterocycles. The van der Waals surface area contributed by atoms with Crippen LogP contribution in [0.25, 0.3) is 0 Å². The van der Waals surface area contributed by atoms with Crippen molar-refractivity contribution < 1.29 is 4.79 Å². The van der Waals surface area contributed by atoms with Gasteiger partial charge in [-0.25, -0.2) is 9.97 Å². The van der Waals surface area contributed by atoms with Crippen LogP contribution in [0, 0.1) is 0 Å². The number of ketones is 1. The molecule has 98 valence electrons. The van der Waals surface area contributed by atoms with Crippen LogP contribution in [0.5, 0.6) is 0 Å². The van der Waals surface area contributed by atoms with Gasteiger partial charge >= 0.3 is 0 Å². The Morgan fingerprint density at radius 1 is 1.44 bits per heavy atom. The quantitative estimate of drug-likeness (QED) is 0.819. The van der Waals surface area contributed by atoms with Gasteiger partial charge in [0.2, 0.25) is 0 Å². The number of carbonyl (C=O) groups is 1. The van der Waals surface area contributed by atoms with Gasteiger partial charge in [-0.15, -0.1) is 0 Å². The predicted molar refractivity (Wildman–Crippen MR) is 71.7 cm³/mol. The lowest BCUT2D eigenvalue weighted by atomic mass is 9.99. The molecule has 0 bridgehead atoms. The first-order valence-electron chi connectivity index (χ1n) is 6.80. The van der Waals surface area contributed by atoms with Gasteiger partial charge in [-0.05, 0) is 32.6 Å². The van der Waals surface area contributed by atoms with Gasteiger partial charge in [-0.1, -0.05) is 13.3 Å². The van der Waals surface area contributed by atoms with Crippen molar-refractivity contribution in [3.05, 3.63) is 18.1 Å². The predicted octanol–water partition coefficient (Wildman–Crippen LogP) is 2.38. The van der Waals surface area contributed by atoms with Crippen molar-refractivity contribution in [3.63, 3.8) is 0 Å². The smallest absolute Gasteiger partial charge is 0.152 e. The molecule has 0 aliphatic carbocycles. The Morgan fingerprint density at radius 3 is 3.00 bits per heavy atom. The van der Waals surface area contributed by atoms with Crippen LogP contribution >= 0.6 is 0 Å². The first-order chi connectivity index (χ1) is 8.72. The number of hydrogen-bond acceptors (Lipinski definition) is 4. The van der Waals surface area contributed by atoms with Crippen molar-refractivity contribution in [1.29, 1.82) is 0 Å². The molecule has 0 N–H and O–H groups in total. The first kappa shape index (κ1) is 13.0. The van der Waals surface area contributed by atoms with E-state index in [0.29, 0.717) is 0 Å². The molecule has 2 heterocycles. The Balaban J connectivity index is 2.22. The summed E-state index contributed by atoms with van der Waals surface area (Å²) < 4.78 is 0. The van der Waals surface area contributed by atoms with Crippen LogP contribution in [0.1, 0.15) is 45.2 Å². The fourth-order valence-electron chi connectivity index (χ4n) is 2.56. The first-order valence-corrected chi connectivity index (χ1v) is 6.80. The summed E-state index contributed by atoms with van der Waals surface area (Å²) in [6, 6.07) is 2.04. The number of aromatic nitrogens is 2. The minimum Gasteiger partial charge on any atom is -0.346 e. The third kappa shape index (κ3) is 2.86. The Morgan fingerprint density at radius 2 is 2.28 bits per heavy atom. The zero-order valence-corrected chi connectivity index (χ0v) is 11.2. The van der Waals surface area contributed by atoms with Crippen LogP contribution < -0.4 is 4.90 Å². The maximum absolute atomic E-state index is 11.7. The summed E-state index contributed by atoms with van der Waals surface area (Å²) >= 11 is 0. The van der Waals surface area contributed by atoms with Gasteiger partial charge in [-0.2, -0.15) is 0 Å². The summed E-state index contributed by atoms with van der Waals surface area (Å²) in [6.45, 7) is 4.74. The van der Waals surface area contributed by atoms with Crippen LogP contribution in [0.3, 0.4) is 0 Å². The fraction of sp³-hybridized carbons (Fsp3) is 0.643. The highest BCUT2D eigenvalue weighted by molar-refractivity contribution is 5.84. The molecule has 0 saturated carbocycles. The third-order valence-corrected chi connectivity index (χ3v) is 3.48. The fourth-order valence-corrected chi connectivity index (χ4v) is 2.56. The average Bonchev–Trinajstić information content (AvgIpc) is 2.39. The number of anilines is 1. The molecule has 1 aromatic heterocycles. The molecule has 4 heteroatoms. The van der Waals surface area contributed by atoms with Crippen molar-refractivity contribution in [1.82, 2.24) is 9.97 Å². The zero-order valence-electron chi connectivity index (χ0n) is 11.2. The van der Waals surface area contributed by atoms with E-state index in [0.717, 1.165) is 50.2 Å². The highest BCUT2D eigenvalue weighted by Crippen LogP contribution is 2.23. The number of carbonyl (C=O) groups excluding carboxylic acids is 1. The zero-order chi connectivity index (χ0) is 13.0. The molecule has 0 amide bonds. The Labute approximate surface area is 108 Å². The molecule has 2 rings (SSSR count). The van der Waals surface area contributed by atoms with Gasteiger partial charge in [0.25, 0.3) is 0 Å². The SMILES string of the molecule is CCCc1cc(N2CCCCC2C(C)=O)ncn1. The van der Waals surface area contributed by atoms with E-state index in [9.17, 15) is 4.79 Å². The molecular weight excluding hydrogens is 226 g/mol. The molecule has 4 nitrogen and oxygen atoms in total. The summed E-state index contributed by atoms with van der Waals surface area (Å²) in [5, 5.41) is 0. The van der Waals surface area contributed by atoms with E-state index in [1.165, 1.54) is 0 Å². The van der Waals surface area contributed by atoms with Crippen LogP contribution in [0.15, 0.2) is 12.4 Å². The highest BCUT2D eigenvalue weighted by atomic mass is 16.1. The van der Waals surface area contributed by atoms with Crippen molar-refractivity contribution in [2.75, 3.05) is 11.4 Å². The minimum atomic E-state index is 0.00289. The van der Waals surface area contributed by atoms with Crippen molar-refractivity contribution >= 4 is 11.6 Å². The van der Waals surface area contributed by atoms with Gasteiger partial charge in [0.1, 0.15) is 12.1 Å². The summed E-state index contributed by atoms with van der Waals surface area (Å²) in [4.78, 5) is 22.5. The number of hydrogen-bond donors (Lipinski definition) is 0. The molecule has 1 aliphatic heterocycles. The molecule has 1 aliphatic rings. The number of nitrogens with zero attached hydrogens (tertiary/aromatic N) is 3. The van der Waals surface area contributed by atoms with Gasteiger partial charge < -0.3 is 4.90 Å². The van der Waals surface area contributed by atoms with E-state index in [4.69, 9.17) is 0 Å². The van der Waals surface area contributed by atoms with Crippen molar-refractivity contribution in [2.45, 2.75) is 52.0 Å². The maximum atomic E-state index is 11.7. The topological polar surface area (TPSA) is 46.1 Å². The van der Waals surface area contributed by atoms with E-state index in [2.05, 4.69) is 21.8 Å². The van der Waals surface area contributed by atoms with Crippen molar-refractivity contribution in [3.8, 4) is 0 Å². The molecule has 1 unspecified atom stereocenters. The highest BCUT2D eigenvalue weighted by Gasteiger charge is 2.27. The normalized spacial score (nSPS) is 19.9. The van der Waals surface area contributed by atoms with Crippen LogP contribution in [-0.4, -0.2) is 28.3 Å². The molecule has 1 fully saturated rings. The van der Waals surface area contributed by atoms with Gasteiger partial charge in [0.05, 0.1) is 6.04 Å². The molecule has 18 heavy (non-hydrogen) atoms. The van der Waals surface area contributed by atoms with Crippen LogP contribution in [0.2, 0.25) is 0 Å². The number of aryl methyl sites for hydroxylation is 1. The second kappa shape index (κ2) is 5.94. The van der Waals surface area contributed by atoms with Crippen LogP contribution in [-0.2, 0) is 11.2 Å². The number of rotatable bonds is 4. The van der Waals surface area contributed by atoms with Gasteiger partial charge in [-0.3, -0.25) is 4.79 Å². The number of Topliss-reactive ketones (excluding diaryl/α,β-unsaturated/α-hetero) is 1. The second-order valence-corrected chi connectivity index (χ2v) is 4.93. The minimum absolute atomic E-state index is 0.00289.